The molecule has 1 atom stereocenters. The number of anilines is 1. The molecule has 0 radical (unpaired) electrons. The van der Waals surface area contributed by atoms with E-state index >= 15 is 0 Å². The van der Waals surface area contributed by atoms with Gasteiger partial charge in [-0.2, -0.15) is 0 Å². The van der Waals surface area contributed by atoms with Gasteiger partial charge in [-0.1, -0.05) is 30.9 Å². The first-order valence-corrected chi connectivity index (χ1v) is 3.64. The van der Waals surface area contributed by atoms with Crippen molar-refractivity contribution in [2.24, 2.45) is 0 Å². The van der Waals surface area contributed by atoms with Crippen molar-refractivity contribution in [2.45, 2.75) is 0 Å². The van der Waals surface area contributed by atoms with Crippen LogP contribution in [0.3, 0.4) is 0 Å². The predicted octanol–water partition coefficient (Wildman–Crippen LogP) is 2.53. The van der Waals surface area contributed by atoms with Crippen LogP contribution >= 0.6 is 9.39 Å². The number of benzene rings is 1. The molecular formula is C8H10NP. The van der Waals surface area contributed by atoms with Crippen LogP contribution in [-0.4, -0.2) is 0 Å². The third-order valence-electron chi connectivity index (χ3n) is 1.34. The molecule has 0 saturated heterocycles. The monoisotopic (exact) mass is 151 g/mol. The van der Waals surface area contributed by atoms with Gasteiger partial charge in [0.15, 0.2) is 0 Å². The molecule has 10 heavy (non-hydrogen) atoms. The second-order valence-electron chi connectivity index (χ2n) is 1.94. The molecule has 1 aromatic rings. The number of nitrogens with one attached hydrogen (secondary N) is 1. The van der Waals surface area contributed by atoms with Gasteiger partial charge < -0.3 is 5.09 Å². The van der Waals surface area contributed by atoms with E-state index in [9.17, 15) is 0 Å². The van der Waals surface area contributed by atoms with Gasteiger partial charge in [0.25, 0.3) is 0 Å². The summed E-state index contributed by atoms with van der Waals surface area (Å²) in [5.74, 6) is 0. The largest absolute Gasteiger partial charge is 0.369 e. The Kier molecular flexibility index (Phi) is 2.47. The number of rotatable bonds is 2. The maximum absolute atomic E-state index is 3.69. The lowest BCUT2D eigenvalue weighted by molar-refractivity contribution is 1.64. The van der Waals surface area contributed by atoms with Crippen molar-refractivity contribution in [3.05, 3.63) is 36.4 Å². The molecule has 52 valence electrons. The van der Waals surface area contributed by atoms with Crippen molar-refractivity contribution in [3.8, 4) is 0 Å². The quantitative estimate of drug-likeness (QED) is 0.640. The SMILES string of the molecule is C=Cc1ccccc1NP. The van der Waals surface area contributed by atoms with Crippen molar-refractivity contribution in [1.82, 2.24) is 0 Å². The lowest BCUT2D eigenvalue weighted by atomic mass is 10.2. The van der Waals surface area contributed by atoms with E-state index in [4.69, 9.17) is 0 Å². The average molecular weight is 151 g/mol. The van der Waals surface area contributed by atoms with E-state index < -0.39 is 0 Å². The van der Waals surface area contributed by atoms with Gasteiger partial charge in [-0.25, -0.2) is 0 Å². The second-order valence-corrected chi connectivity index (χ2v) is 2.22. The van der Waals surface area contributed by atoms with Gasteiger partial charge in [-0.15, -0.1) is 0 Å². The fraction of sp³-hybridized carbons (Fsp3) is 0. The zero-order valence-corrected chi connectivity index (χ0v) is 6.83. The molecule has 0 fully saturated rings. The van der Waals surface area contributed by atoms with Gasteiger partial charge in [0.2, 0.25) is 0 Å². The highest BCUT2D eigenvalue weighted by molar-refractivity contribution is 7.18. The number of para-hydroxylation sites is 1. The van der Waals surface area contributed by atoms with Gasteiger partial charge in [0.05, 0.1) is 0 Å². The highest BCUT2D eigenvalue weighted by Crippen LogP contribution is 2.16. The Hall–Kier alpha value is -0.810. The van der Waals surface area contributed by atoms with Gasteiger partial charge in [-0.3, -0.25) is 0 Å². The van der Waals surface area contributed by atoms with E-state index in [1.807, 2.05) is 30.3 Å². The first-order valence-electron chi connectivity index (χ1n) is 3.06. The average Bonchev–Trinajstić information content (AvgIpc) is 2.04. The van der Waals surface area contributed by atoms with Crippen molar-refractivity contribution in [1.29, 1.82) is 0 Å². The summed E-state index contributed by atoms with van der Waals surface area (Å²) in [5.41, 5.74) is 2.21. The third kappa shape index (κ3) is 1.37. The van der Waals surface area contributed by atoms with Gasteiger partial charge in [0, 0.05) is 5.69 Å². The summed E-state index contributed by atoms with van der Waals surface area (Å²) in [6.45, 7) is 3.69. The van der Waals surface area contributed by atoms with Gasteiger partial charge in [-0.05, 0) is 21.0 Å². The lowest BCUT2D eigenvalue weighted by Crippen LogP contribution is -1.81. The minimum atomic E-state index is 1.09. The zero-order valence-electron chi connectivity index (χ0n) is 5.67. The summed E-state index contributed by atoms with van der Waals surface area (Å²) in [7, 11) is 2.46. The van der Waals surface area contributed by atoms with Crippen LogP contribution in [0.15, 0.2) is 30.8 Å². The normalized spacial score (nSPS) is 8.90. The Labute approximate surface area is 63.4 Å². The van der Waals surface area contributed by atoms with Crippen LogP contribution in [0.2, 0.25) is 0 Å². The minimum Gasteiger partial charge on any atom is -0.369 e. The van der Waals surface area contributed by atoms with Crippen molar-refractivity contribution < 1.29 is 0 Å². The van der Waals surface area contributed by atoms with Crippen LogP contribution in [0.5, 0.6) is 0 Å². The molecule has 1 N–H and O–H groups in total. The van der Waals surface area contributed by atoms with Crippen LogP contribution in [0.1, 0.15) is 5.56 Å². The Morgan fingerprint density at radius 3 is 2.60 bits per heavy atom. The minimum absolute atomic E-state index is 1.09. The highest BCUT2D eigenvalue weighted by Gasteiger charge is 1.91. The van der Waals surface area contributed by atoms with Gasteiger partial charge in [0.1, 0.15) is 0 Å². The molecule has 1 rings (SSSR count). The topological polar surface area (TPSA) is 12.0 Å². The molecule has 0 aliphatic carbocycles. The van der Waals surface area contributed by atoms with E-state index in [1.54, 1.807) is 0 Å². The summed E-state index contributed by atoms with van der Waals surface area (Å²) in [6, 6.07) is 7.99. The van der Waals surface area contributed by atoms with E-state index in [2.05, 4.69) is 21.1 Å². The van der Waals surface area contributed by atoms with Crippen molar-refractivity contribution in [2.75, 3.05) is 5.09 Å². The molecule has 0 amide bonds. The number of hydrogen-bond acceptors (Lipinski definition) is 1. The molecule has 0 spiro atoms. The molecule has 1 aromatic carbocycles. The maximum atomic E-state index is 3.69. The van der Waals surface area contributed by atoms with E-state index in [0.29, 0.717) is 0 Å². The van der Waals surface area contributed by atoms with E-state index in [1.165, 1.54) is 0 Å². The van der Waals surface area contributed by atoms with Crippen LogP contribution < -0.4 is 5.09 Å². The number of hydrogen-bond donors (Lipinski definition) is 1. The predicted molar refractivity (Wildman–Crippen MR) is 49.9 cm³/mol. The van der Waals surface area contributed by atoms with Crippen LogP contribution in [0.4, 0.5) is 5.69 Å². The van der Waals surface area contributed by atoms with E-state index in [-0.39, 0.29) is 0 Å². The van der Waals surface area contributed by atoms with Crippen LogP contribution in [0.25, 0.3) is 6.08 Å². The molecule has 0 aliphatic heterocycles. The smallest absolute Gasteiger partial charge is 0.0442 e. The molecule has 0 bridgehead atoms. The zero-order chi connectivity index (χ0) is 7.40. The molecule has 1 nitrogen and oxygen atoms in total. The summed E-state index contributed by atoms with van der Waals surface area (Å²) in [4.78, 5) is 0. The van der Waals surface area contributed by atoms with Crippen LogP contribution in [-0.2, 0) is 0 Å². The Bertz CT molecular complexity index is 232. The molecule has 0 aliphatic rings. The molecule has 0 heterocycles. The summed E-state index contributed by atoms with van der Waals surface area (Å²) >= 11 is 0. The lowest BCUT2D eigenvalue weighted by Gasteiger charge is -2.02. The van der Waals surface area contributed by atoms with Crippen molar-refractivity contribution in [3.63, 3.8) is 0 Å². The Balaban J connectivity index is 3.08. The molecule has 2 heteroatoms. The summed E-state index contributed by atoms with van der Waals surface area (Å²) in [6.07, 6.45) is 1.83. The molecule has 1 unspecified atom stereocenters. The fourth-order valence-electron chi connectivity index (χ4n) is 0.806. The van der Waals surface area contributed by atoms with Gasteiger partial charge >= 0.3 is 0 Å². The van der Waals surface area contributed by atoms with E-state index in [0.717, 1.165) is 11.3 Å². The summed E-state index contributed by atoms with van der Waals surface area (Å²) in [5, 5.41) is 2.99. The van der Waals surface area contributed by atoms with Crippen molar-refractivity contribution >= 4 is 21.2 Å². The standard InChI is InChI=1S/C8H10NP/c1-2-7-5-3-4-6-8(7)9-10/h2-6,9H,1,10H2. The second kappa shape index (κ2) is 3.38. The highest BCUT2D eigenvalue weighted by atomic mass is 31.0. The Morgan fingerprint density at radius 1 is 1.40 bits per heavy atom. The first-order chi connectivity index (χ1) is 4.88. The van der Waals surface area contributed by atoms with Crippen LogP contribution in [0, 0.1) is 0 Å². The summed E-state index contributed by atoms with van der Waals surface area (Å²) < 4.78 is 0. The molecular weight excluding hydrogens is 141 g/mol. The Morgan fingerprint density at radius 2 is 2.10 bits per heavy atom. The first kappa shape index (κ1) is 7.30. The molecule has 0 aromatic heterocycles. The fourth-order valence-corrected chi connectivity index (χ4v) is 1.07. The maximum Gasteiger partial charge on any atom is 0.0442 e. The molecule has 0 saturated carbocycles. The third-order valence-corrected chi connectivity index (χ3v) is 1.65.